The maximum atomic E-state index is 5.91. The largest absolute Gasteiger partial charge is 0.496 e. The van der Waals surface area contributed by atoms with Gasteiger partial charge < -0.3 is 29.2 Å². The average Bonchev–Trinajstić information content (AvgIpc) is 3.16. The third-order valence-electron chi connectivity index (χ3n) is 4.28. The van der Waals surface area contributed by atoms with Gasteiger partial charge in [-0.3, -0.25) is 0 Å². The number of nitrogens with two attached hydrogens (primary N) is 1. The molecule has 1 aliphatic heterocycles. The molecule has 25 heavy (non-hydrogen) atoms. The number of rotatable bonds is 6. The fraction of sp³-hybridized carbons (Fsp3) is 0.529. The van der Waals surface area contributed by atoms with Gasteiger partial charge >= 0.3 is 0 Å². The van der Waals surface area contributed by atoms with Gasteiger partial charge in [0.15, 0.2) is 11.5 Å². The van der Waals surface area contributed by atoms with E-state index in [-0.39, 0.29) is 12.2 Å². The van der Waals surface area contributed by atoms with Crippen LogP contribution in [0.3, 0.4) is 0 Å². The van der Waals surface area contributed by atoms with E-state index >= 15 is 0 Å². The highest BCUT2D eigenvalue weighted by Gasteiger charge is 2.28. The molecule has 0 aliphatic carbocycles. The Morgan fingerprint density at radius 3 is 2.48 bits per heavy atom. The van der Waals surface area contributed by atoms with Crippen molar-refractivity contribution >= 4 is 0 Å². The topological polar surface area (TPSA) is 102 Å². The maximum Gasteiger partial charge on any atom is 0.256 e. The molecular formula is C17H23N3O5. The van der Waals surface area contributed by atoms with Crippen molar-refractivity contribution in [2.45, 2.75) is 31.5 Å². The molecule has 136 valence electrons. The van der Waals surface area contributed by atoms with Crippen molar-refractivity contribution in [3.63, 3.8) is 0 Å². The van der Waals surface area contributed by atoms with Crippen LogP contribution in [0, 0.1) is 0 Å². The first-order valence-corrected chi connectivity index (χ1v) is 8.19. The van der Waals surface area contributed by atoms with Crippen LogP contribution in [0.4, 0.5) is 0 Å². The molecule has 0 radical (unpaired) electrons. The van der Waals surface area contributed by atoms with E-state index in [1.54, 1.807) is 33.5 Å². The molecule has 1 fully saturated rings. The second-order valence-electron chi connectivity index (χ2n) is 5.78. The van der Waals surface area contributed by atoms with E-state index in [1.807, 2.05) is 0 Å². The summed E-state index contributed by atoms with van der Waals surface area (Å²) in [6, 6.07) is 3.49. The van der Waals surface area contributed by atoms with Crippen molar-refractivity contribution < 1.29 is 23.5 Å². The molecule has 2 atom stereocenters. The molecule has 1 saturated heterocycles. The van der Waals surface area contributed by atoms with Crippen molar-refractivity contribution in [2.75, 3.05) is 27.9 Å². The number of ether oxygens (including phenoxy) is 4. The lowest BCUT2D eigenvalue weighted by Crippen LogP contribution is -2.29. The summed E-state index contributed by atoms with van der Waals surface area (Å²) in [5, 5.41) is 4.08. The highest BCUT2D eigenvalue weighted by atomic mass is 16.5. The van der Waals surface area contributed by atoms with E-state index in [2.05, 4.69) is 10.1 Å². The third kappa shape index (κ3) is 3.54. The first kappa shape index (κ1) is 17.5. The number of methoxy groups -OCH3 is 3. The lowest BCUT2D eigenvalue weighted by Gasteiger charge is -2.26. The molecule has 2 heterocycles. The highest BCUT2D eigenvalue weighted by Crippen LogP contribution is 2.39. The predicted octanol–water partition coefficient (Wildman–Crippen LogP) is 2.33. The molecule has 8 heteroatoms. The van der Waals surface area contributed by atoms with E-state index in [0.717, 1.165) is 19.3 Å². The van der Waals surface area contributed by atoms with Crippen molar-refractivity contribution in [3.8, 4) is 28.6 Å². The van der Waals surface area contributed by atoms with Crippen molar-refractivity contribution in [3.05, 3.63) is 18.0 Å². The molecule has 0 amide bonds. The van der Waals surface area contributed by atoms with Crippen molar-refractivity contribution in [2.24, 2.45) is 5.73 Å². The molecule has 2 N–H and O–H groups in total. The van der Waals surface area contributed by atoms with Gasteiger partial charge in [0.2, 0.25) is 5.82 Å². The summed E-state index contributed by atoms with van der Waals surface area (Å²) in [6.07, 6.45) is 2.61. The quantitative estimate of drug-likeness (QED) is 0.848. The second kappa shape index (κ2) is 7.71. The molecule has 2 aromatic rings. The van der Waals surface area contributed by atoms with Gasteiger partial charge in [-0.25, -0.2) is 0 Å². The minimum Gasteiger partial charge on any atom is -0.496 e. The molecule has 0 unspecified atom stereocenters. The zero-order chi connectivity index (χ0) is 17.8. The van der Waals surface area contributed by atoms with Gasteiger partial charge in [-0.1, -0.05) is 5.16 Å². The van der Waals surface area contributed by atoms with E-state index in [1.165, 1.54) is 0 Å². The molecule has 0 bridgehead atoms. The summed E-state index contributed by atoms with van der Waals surface area (Å²) in [6.45, 7) is 0.487. The van der Waals surface area contributed by atoms with E-state index < -0.39 is 0 Å². The van der Waals surface area contributed by atoms with Crippen LogP contribution in [-0.2, 0) is 4.74 Å². The number of nitrogens with zero attached hydrogens (tertiary/aromatic N) is 2. The van der Waals surface area contributed by atoms with Gasteiger partial charge in [-0.2, -0.15) is 4.98 Å². The smallest absolute Gasteiger partial charge is 0.256 e. The van der Waals surface area contributed by atoms with Crippen LogP contribution in [0.15, 0.2) is 16.7 Å². The van der Waals surface area contributed by atoms with Crippen LogP contribution in [0.5, 0.6) is 17.2 Å². The predicted molar refractivity (Wildman–Crippen MR) is 89.9 cm³/mol. The van der Waals surface area contributed by atoms with Crippen LogP contribution in [-0.4, -0.2) is 44.1 Å². The number of aromatic nitrogens is 2. The van der Waals surface area contributed by atoms with Gasteiger partial charge in [0.05, 0.1) is 33.0 Å². The Labute approximate surface area is 146 Å². The van der Waals surface area contributed by atoms with Gasteiger partial charge in [0.25, 0.3) is 5.89 Å². The van der Waals surface area contributed by atoms with Crippen LogP contribution in [0.1, 0.15) is 31.3 Å². The summed E-state index contributed by atoms with van der Waals surface area (Å²) >= 11 is 0. The molecule has 1 aromatic carbocycles. The van der Waals surface area contributed by atoms with E-state index in [4.69, 9.17) is 29.2 Å². The Bertz CT molecular complexity index is 718. The standard InChI is InChI=1S/C17H23N3O5/c1-21-13-8-15(23-3)14(22-2)7-11(13)16-19-17(25-20-16)12-6-4-5-10(9-18)24-12/h7-8,10,12H,4-6,9,18H2,1-3H3/t10-,12-/m0/s1. The molecule has 0 saturated carbocycles. The number of benzene rings is 1. The molecule has 0 spiro atoms. The summed E-state index contributed by atoms with van der Waals surface area (Å²) in [4.78, 5) is 4.49. The van der Waals surface area contributed by atoms with Crippen LogP contribution < -0.4 is 19.9 Å². The Balaban J connectivity index is 1.91. The SMILES string of the molecule is COc1cc(OC)c(-c2noc([C@@H]3CCC[C@@H](CN)O3)n2)cc1OC. The fourth-order valence-corrected chi connectivity index (χ4v) is 2.93. The summed E-state index contributed by atoms with van der Waals surface area (Å²) < 4.78 is 27.4. The highest BCUT2D eigenvalue weighted by molar-refractivity contribution is 5.69. The molecule has 1 aliphatic rings. The van der Waals surface area contributed by atoms with Gasteiger partial charge in [-0.05, 0) is 25.3 Å². The second-order valence-corrected chi connectivity index (χ2v) is 5.78. The third-order valence-corrected chi connectivity index (χ3v) is 4.28. The molecule has 1 aromatic heterocycles. The Morgan fingerprint density at radius 1 is 1.08 bits per heavy atom. The minimum atomic E-state index is -0.227. The first-order chi connectivity index (χ1) is 12.2. The minimum absolute atomic E-state index is 0.0321. The Hall–Kier alpha value is -2.32. The van der Waals surface area contributed by atoms with Gasteiger partial charge in [0, 0.05) is 12.6 Å². The maximum absolute atomic E-state index is 5.91. The van der Waals surface area contributed by atoms with Crippen LogP contribution in [0.2, 0.25) is 0 Å². The Morgan fingerprint density at radius 2 is 1.80 bits per heavy atom. The van der Waals surface area contributed by atoms with Crippen LogP contribution in [0.25, 0.3) is 11.4 Å². The lowest BCUT2D eigenvalue weighted by molar-refractivity contribution is -0.0604. The normalized spacial score (nSPS) is 20.3. The van der Waals surface area contributed by atoms with E-state index in [9.17, 15) is 0 Å². The molecule has 8 nitrogen and oxygen atoms in total. The Kier molecular flexibility index (Phi) is 5.40. The van der Waals surface area contributed by atoms with Gasteiger partial charge in [-0.15, -0.1) is 0 Å². The van der Waals surface area contributed by atoms with E-state index in [0.29, 0.717) is 41.1 Å². The van der Waals surface area contributed by atoms with Crippen LogP contribution >= 0.6 is 0 Å². The van der Waals surface area contributed by atoms with Crippen molar-refractivity contribution in [1.82, 2.24) is 10.1 Å². The van der Waals surface area contributed by atoms with Crippen molar-refractivity contribution in [1.29, 1.82) is 0 Å². The lowest BCUT2D eigenvalue weighted by atomic mass is 10.0. The fourth-order valence-electron chi connectivity index (χ4n) is 2.93. The number of hydrogen-bond donors (Lipinski definition) is 1. The zero-order valence-corrected chi connectivity index (χ0v) is 14.7. The van der Waals surface area contributed by atoms with Gasteiger partial charge in [0.1, 0.15) is 11.9 Å². The molecule has 3 rings (SSSR count). The summed E-state index contributed by atoms with van der Waals surface area (Å²) in [7, 11) is 4.71. The average molecular weight is 349 g/mol. The number of hydrogen-bond acceptors (Lipinski definition) is 8. The monoisotopic (exact) mass is 349 g/mol. The summed E-state index contributed by atoms with van der Waals surface area (Å²) in [5.41, 5.74) is 6.36. The molecular weight excluding hydrogens is 326 g/mol. The summed E-state index contributed by atoms with van der Waals surface area (Å²) in [5.74, 6) is 2.54. The first-order valence-electron chi connectivity index (χ1n) is 8.19. The zero-order valence-electron chi connectivity index (χ0n) is 14.7.